The summed E-state index contributed by atoms with van der Waals surface area (Å²) in [7, 11) is 1.91. The highest BCUT2D eigenvalue weighted by Gasteiger charge is 2.10. The summed E-state index contributed by atoms with van der Waals surface area (Å²) in [6.45, 7) is 2.04. The van der Waals surface area contributed by atoms with Gasteiger partial charge in [-0.15, -0.1) is 0 Å². The predicted molar refractivity (Wildman–Crippen MR) is 73.3 cm³/mol. The first-order chi connectivity index (χ1) is 8.68. The third-order valence-corrected chi connectivity index (χ3v) is 3.25. The number of para-hydroxylation sites is 1. The van der Waals surface area contributed by atoms with E-state index in [4.69, 9.17) is 0 Å². The van der Waals surface area contributed by atoms with E-state index >= 15 is 0 Å². The van der Waals surface area contributed by atoms with Gasteiger partial charge in [0.1, 0.15) is 0 Å². The molecule has 3 aromatic rings. The number of benzene rings is 2. The zero-order valence-electron chi connectivity index (χ0n) is 10.4. The molecule has 0 saturated carbocycles. The molecule has 0 spiro atoms. The van der Waals surface area contributed by atoms with Crippen LogP contribution < -0.4 is 5.56 Å². The monoisotopic (exact) mass is 238 g/mol. The minimum absolute atomic E-state index is 0.0250. The Balaban J connectivity index is 2.36. The highest BCUT2D eigenvalue weighted by atomic mass is 16.1. The van der Waals surface area contributed by atoms with Crippen LogP contribution in [-0.2, 0) is 7.05 Å². The van der Waals surface area contributed by atoms with Crippen molar-refractivity contribution < 1.29 is 0 Å². The fourth-order valence-corrected chi connectivity index (χ4v) is 2.27. The Hall–Kier alpha value is -2.29. The molecule has 0 aliphatic carbocycles. The predicted octanol–water partition coefficient (Wildman–Crippen LogP) is 2.64. The smallest absolute Gasteiger partial charge is 0.279 e. The maximum absolute atomic E-state index is 12.4. The Morgan fingerprint density at radius 3 is 2.28 bits per heavy atom. The van der Waals surface area contributed by atoms with Crippen molar-refractivity contribution in [2.24, 2.45) is 7.05 Å². The summed E-state index contributed by atoms with van der Waals surface area (Å²) in [5.41, 5.74) is 3.05. The molecule has 0 atom stereocenters. The second-order valence-electron chi connectivity index (χ2n) is 4.49. The number of aryl methyl sites for hydroxylation is 2. The van der Waals surface area contributed by atoms with Crippen molar-refractivity contribution in [2.45, 2.75) is 6.92 Å². The molecule has 0 N–H and O–H groups in total. The highest BCUT2D eigenvalue weighted by Crippen LogP contribution is 2.14. The Morgan fingerprint density at radius 1 is 0.944 bits per heavy atom. The van der Waals surface area contributed by atoms with Crippen LogP contribution in [0.3, 0.4) is 0 Å². The van der Waals surface area contributed by atoms with Gasteiger partial charge in [0.05, 0.1) is 16.6 Å². The van der Waals surface area contributed by atoms with Crippen LogP contribution in [-0.4, -0.2) is 9.36 Å². The minimum atomic E-state index is 0.0250. The van der Waals surface area contributed by atoms with Gasteiger partial charge in [-0.05, 0) is 31.2 Å². The maximum Gasteiger partial charge on any atom is 0.279 e. The van der Waals surface area contributed by atoms with Crippen molar-refractivity contribution >= 4 is 10.9 Å². The second kappa shape index (κ2) is 3.88. The number of fused-ring (bicyclic) bond motifs is 1. The van der Waals surface area contributed by atoms with E-state index in [-0.39, 0.29) is 5.56 Å². The van der Waals surface area contributed by atoms with Crippen molar-refractivity contribution in [3.8, 4) is 5.69 Å². The van der Waals surface area contributed by atoms with Crippen molar-refractivity contribution in [1.82, 2.24) is 9.36 Å². The van der Waals surface area contributed by atoms with Crippen molar-refractivity contribution in [3.05, 3.63) is 64.4 Å². The molecule has 3 rings (SSSR count). The molecule has 3 nitrogen and oxygen atoms in total. The van der Waals surface area contributed by atoms with Gasteiger partial charge < -0.3 is 0 Å². The van der Waals surface area contributed by atoms with E-state index < -0.39 is 0 Å². The van der Waals surface area contributed by atoms with Gasteiger partial charge in [0.25, 0.3) is 5.56 Å². The first-order valence-electron chi connectivity index (χ1n) is 5.92. The van der Waals surface area contributed by atoms with Gasteiger partial charge in [-0.2, -0.15) is 0 Å². The molecule has 0 amide bonds. The quantitative estimate of drug-likeness (QED) is 0.640. The molecule has 0 unspecified atom stereocenters. The summed E-state index contributed by atoms with van der Waals surface area (Å²) in [6, 6.07) is 15.6. The second-order valence-corrected chi connectivity index (χ2v) is 4.49. The summed E-state index contributed by atoms with van der Waals surface area (Å²) in [5, 5.41) is 0.751. The highest BCUT2D eigenvalue weighted by molar-refractivity contribution is 5.79. The van der Waals surface area contributed by atoms with Crippen LogP contribution in [0.5, 0.6) is 0 Å². The fourth-order valence-electron chi connectivity index (χ4n) is 2.27. The first-order valence-corrected chi connectivity index (χ1v) is 5.92. The molecule has 1 heterocycles. The van der Waals surface area contributed by atoms with Gasteiger partial charge in [-0.3, -0.25) is 9.48 Å². The number of aromatic nitrogens is 2. The lowest BCUT2D eigenvalue weighted by Crippen LogP contribution is -2.19. The molecule has 0 bridgehead atoms. The fraction of sp³-hybridized carbons (Fsp3) is 0.133. The number of hydrogen-bond donors (Lipinski definition) is 0. The lowest BCUT2D eigenvalue weighted by atomic mass is 10.2. The molecule has 0 aliphatic heterocycles. The van der Waals surface area contributed by atoms with Crippen LogP contribution in [0.2, 0.25) is 0 Å². The van der Waals surface area contributed by atoms with Gasteiger partial charge in [0.15, 0.2) is 0 Å². The Labute approximate surface area is 105 Å². The number of hydrogen-bond acceptors (Lipinski definition) is 1. The van der Waals surface area contributed by atoms with Gasteiger partial charge >= 0.3 is 0 Å². The van der Waals surface area contributed by atoms with Gasteiger partial charge in [0, 0.05) is 7.05 Å². The lowest BCUT2D eigenvalue weighted by Gasteiger charge is -2.07. The number of rotatable bonds is 1. The van der Waals surface area contributed by atoms with Crippen molar-refractivity contribution in [3.63, 3.8) is 0 Å². The van der Waals surface area contributed by atoms with E-state index in [1.54, 1.807) is 4.68 Å². The van der Waals surface area contributed by atoms with E-state index in [1.807, 2.05) is 67.2 Å². The Bertz CT molecular complexity index is 763. The summed E-state index contributed by atoms with van der Waals surface area (Å²) >= 11 is 0. The van der Waals surface area contributed by atoms with E-state index in [0.29, 0.717) is 0 Å². The van der Waals surface area contributed by atoms with Crippen LogP contribution in [0, 0.1) is 6.92 Å². The van der Waals surface area contributed by atoms with E-state index in [2.05, 4.69) is 0 Å². The Morgan fingerprint density at radius 2 is 1.61 bits per heavy atom. The molecule has 18 heavy (non-hydrogen) atoms. The van der Waals surface area contributed by atoms with Crippen LogP contribution in [0.15, 0.2) is 53.3 Å². The molecule has 0 aliphatic rings. The molecule has 1 aromatic heterocycles. The maximum atomic E-state index is 12.4. The largest absolute Gasteiger partial charge is 0.280 e. The normalized spacial score (nSPS) is 11.0. The summed E-state index contributed by atoms with van der Waals surface area (Å²) in [4.78, 5) is 12.4. The molecular formula is C15H14N2O. The molecule has 2 aromatic carbocycles. The molecule has 0 fully saturated rings. The van der Waals surface area contributed by atoms with Crippen molar-refractivity contribution in [2.75, 3.05) is 0 Å². The van der Waals surface area contributed by atoms with Gasteiger partial charge in [-0.1, -0.05) is 29.8 Å². The van der Waals surface area contributed by atoms with E-state index in [1.165, 1.54) is 5.56 Å². The lowest BCUT2D eigenvalue weighted by molar-refractivity contribution is 0.666. The molecule has 90 valence electrons. The number of nitrogens with zero attached hydrogens (tertiary/aromatic N) is 2. The summed E-state index contributed by atoms with van der Waals surface area (Å²) in [6.07, 6.45) is 0. The topological polar surface area (TPSA) is 26.9 Å². The zero-order valence-corrected chi connectivity index (χ0v) is 10.4. The average molecular weight is 238 g/mol. The average Bonchev–Trinajstić information content (AvgIpc) is 2.64. The van der Waals surface area contributed by atoms with E-state index in [9.17, 15) is 4.79 Å². The zero-order chi connectivity index (χ0) is 12.7. The summed E-state index contributed by atoms with van der Waals surface area (Å²) in [5.74, 6) is 0. The van der Waals surface area contributed by atoms with Crippen LogP contribution in [0.4, 0.5) is 0 Å². The molecule has 0 radical (unpaired) electrons. The molecular weight excluding hydrogens is 224 g/mol. The minimum Gasteiger partial charge on any atom is -0.280 e. The molecule has 3 heteroatoms. The first kappa shape index (κ1) is 10.8. The third kappa shape index (κ3) is 1.48. The SMILES string of the molecule is Cc1ccc(-n2c(=O)c3ccccc3n2C)cc1. The van der Waals surface area contributed by atoms with E-state index in [0.717, 1.165) is 16.6 Å². The Kier molecular flexibility index (Phi) is 2.33. The van der Waals surface area contributed by atoms with Crippen molar-refractivity contribution in [1.29, 1.82) is 0 Å². The third-order valence-electron chi connectivity index (χ3n) is 3.25. The van der Waals surface area contributed by atoms with Gasteiger partial charge in [-0.25, -0.2) is 4.68 Å². The molecule has 0 saturated heterocycles. The standard InChI is InChI=1S/C15H14N2O/c1-11-7-9-12(10-8-11)17-15(18)13-5-3-4-6-14(13)16(17)2/h3-10H,1-2H3. The summed E-state index contributed by atoms with van der Waals surface area (Å²) < 4.78 is 3.59. The van der Waals surface area contributed by atoms with Gasteiger partial charge in [0.2, 0.25) is 0 Å². The van der Waals surface area contributed by atoms with Crippen LogP contribution >= 0.6 is 0 Å². The van der Waals surface area contributed by atoms with Crippen LogP contribution in [0.25, 0.3) is 16.6 Å². The van der Waals surface area contributed by atoms with Crippen LogP contribution in [0.1, 0.15) is 5.56 Å².